The van der Waals surface area contributed by atoms with Gasteiger partial charge in [0.15, 0.2) is 0 Å². The molecule has 1 aliphatic rings. The molecule has 1 aromatic carbocycles. The van der Waals surface area contributed by atoms with Crippen molar-refractivity contribution in [3.05, 3.63) is 29.8 Å². The molecule has 1 heterocycles. The molecule has 0 spiro atoms. The number of rotatable bonds is 4. The predicted octanol–water partition coefficient (Wildman–Crippen LogP) is 2.19. The summed E-state index contributed by atoms with van der Waals surface area (Å²) in [5.41, 5.74) is 0.851. The van der Waals surface area contributed by atoms with Gasteiger partial charge in [0.25, 0.3) is 0 Å². The summed E-state index contributed by atoms with van der Waals surface area (Å²) in [5.74, 6) is -0.133. The van der Waals surface area contributed by atoms with Gasteiger partial charge < -0.3 is 4.74 Å². The highest BCUT2D eigenvalue weighted by atomic mass is 16.5. The summed E-state index contributed by atoms with van der Waals surface area (Å²) in [5, 5.41) is 0. The van der Waals surface area contributed by atoms with Crippen LogP contribution in [-0.2, 0) is 9.59 Å². The monoisotopic (exact) mass is 261 g/mol. The van der Waals surface area contributed by atoms with Crippen LogP contribution in [0.2, 0.25) is 0 Å². The number of methoxy groups -OCH3 is 1. The summed E-state index contributed by atoms with van der Waals surface area (Å²) in [6.45, 7) is 4.28. The van der Waals surface area contributed by atoms with Crippen LogP contribution in [0.1, 0.15) is 31.7 Å². The summed E-state index contributed by atoms with van der Waals surface area (Å²) < 4.78 is 5.18. The molecule has 0 N–H and O–H groups in total. The molecule has 2 amide bonds. The van der Waals surface area contributed by atoms with Crippen LogP contribution in [0.15, 0.2) is 24.3 Å². The quantitative estimate of drug-likeness (QED) is 0.781. The van der Waals surface area contributed by atoms with Crippen molar-refractivity contribution in [2.24, 2.45) is 5.92 Å². The average Bonchev–Trinajstić information content (AvgIpc) is 2.63. The Bertz CT molecular complexity index is 498. The zero-order chi connectivity index (χ0) is 14.0. The van der Waals surface area contributed by atoms with E-state index in [-0.39, 0.29) is 23.7 Å². The molecule has 2 unspecified atom stereocenters. The van der Waals surface area contributed by atoms with Crippen LogP contribution in [0.5, 0.6) is 5.75 Å². The van der Waals surface area contributed by atoms with E-state index in [9.17, 15) is 9.59 Å². The summed E-state index contributed by atoms with van der Waals surface area (Å²) >= 11 is 0. The Morgan fingerprint density at radius 3 is 2.63 bits per heavy atom. The van der Waals surface area contributed by atoms with Crippen molar-refractivity contribution in [3.63, 3.8) is 0 Å². The van der Waals surface area contributed by atoms with Crippen molar-refractivity contribution in [1.82, 2.24) is 4.90 Å². The van der Waals surface area contributed by atoms with Gasteiger partial charge in [-0.3, -0.25) is 14.5 Å². The minimum absolute atomic E-state index is 0.0698. The Balaban J connectivity index is 2.33. The molecular formula is C15H19NO3. The Morgan fingerprint density at radius 2 is 2.00 bits per heavy atom. The number of carbonyl (C=O) groups is 2. The average molecular weight is 261 g/mol. The van der Waals surface area contributed by atoms with E-state index in [1.165, 1.54) is 4.90 Å². The van der Waals surface area contributed by atoms with E-state index < -0.39 is 0 Å². The van der Waals surface area contributed by atoms with Gasteiger partial charge in [0.05, 0.1) is 18.9 Å². The third kappa shape index (κ3) is 2.35. The lowest BCUT2D eigenvalue weighted by atomic mass is 9.89. The first-order valence-corrected chi connectivity index (χ1v) is 6.59. The van der Waals surface area contributed by atoms with E-state index in [1.54, 1.807) is 7.11 Å². The minimum Gasteiger partial charge on any atom is -0.497 e. The molecule has 2 rings (SSSR count). The third-order valence-corrected chi connectivity index (χ3v) is 3.59. The number of nitrogens with zero attached hydrogens (tertiary/aromatic N) is 1. The molecule has 0 saturated carbocycles. The van der Waals surface area contributed by atoms with Crippen molar-refractivity contribution in [1.29, 1.82) is 0 Å². The second-order valence-electron chi connectivity index (χ2n) is 4.87. The molecule has 1 saturated heterocycles. The highest BCUT2D eigenvalue weighted by molar-refractivity contribution is 6.07. The molecule has 2 atom stereocenters. The number of hydrogen-bond acceptors (Lipinski definition) is 3. The van der Waals surface area contributed by atoms with Gasteiger partial charge in [0.1, 0.15) is 5.75 Å². The number of amides is 2. The van der Waals surface area contributed by atoms with Gasteiger partial charge in [-0.2, -0.15) is 0 Å². The maximum atomic E-state index is 12.4. The molecule has 1 aliphatic heterocycles. The van der Waals surface area contributed by atoms with Crippen LogP contribution in [0, 0.1) is 5.92 Å². The highest BCUT2D eigenvalue weighted by Gasteiger charge is 2.45. The smallest absolute Gasteiger partial charge is 0.237 e. The number of imide groups is 1. The third-order valence-electron chi connectivity index (χ3n) is 3.59. The summed E-state index contributed by atoms with van der Waals surface area (Å²) in [6.07, 6.45) is 0.787. The summed E-state index contributed by atoms with van der Waals surface area (Å²) in [6, 6.07) is 7.40. The standard InChI is InChI=1S/C15H19NO3/c1-4-8-16-14(17)10(2)13(15(16)18)11-6-5-7-12(9-11)19-3/h5-7,9-10,13H,4,8H2,1-3H3. The maximum absolute atomic E-state index is 12.4. The van der Waals surface area contributed by atoms with Gasteiger partial charge in [-0.1, -0.05) is 26.0 Å². The van der Waals surface area contributed by atoms with Crippen LogP contribution in [0.3, 0.4) is 0 Å². The number of benzene rings is 1. The first-order valence-electron chi connectivity index (χ1n) is 6.59. The Hall–Kier alpha value is -1.84. The van der Waals surface area contributed by atoms with E-state index in [1.807, 2.05) is 38.1 Å². The van der Waals surface area contributed by atoms with Crippen LogP contribution >= 0.6 is 0 Å². The van der Waals surface area contributed by atoms with Gasteiger partial charge in [0, 0.05) is 6.54 Å². The van der Waals surface area contributed by atoms with Gasteiger partial charge in [0.2, 0.25) is 11.8 Å². The molecule has 0 aromatic heterocycles. The largest absolute Gasteiger partial charge is 0.497 e. The van der Waals surface area contributed by atoms with Crippen molar-refractivity contribution in [2.45, 2.75) is 26.2 Å². The van der Waals surface area contributed by atoms with Gasteiger partial charge in [-0.15, -0.1) is 0 Å². The number of hydrogen-bond donors (Lipinski definition) is 0. The minimum atomic E-state index is -0.380. The molecule has 1 aromatic rings. The summed E-state index contributed by atoms with van der Waals surface area (Å²) in [7, 11) is 1.59. The summed E-state index contributed by atoms with van der Waals surface area (Å²) in [4.78, 5) is 25.9. The molecule has 4 nitrogen and oxygen atoms in total. The van der Waals surface area contributed by atoms with E-state index in [0.717, 1.165) is 12.0 Å². The van der Waals surface area contributed by atoms with Crippen molar-refractivity contribution >= 4 is 11.8 Å². The first kappa shape index (κ1) is 13.6. The molecule has 4 heteroatoms. The first-order chi connectivity index (χ1) is 9.10. The predicted molar refractivity (Wildman–Crippen MR) is 71.9 cm³/mol. The molecule has 1 fully saturated rings. The lowest BCUT2D eigenvalue weighted by Crippen LogP contribution is -2.31. The van der Waals surface area contributed by atoms with Crippen molar-refractivity contribution < 1.29 is 14.3 Å². The fourth-order valence-corrected chi connectivity index (χ4v) is 2.59. The molecule has 19 heavy (non-hydrogen) atoms. The van der Waals surface area contributed by atoms with Crippen molar-refractivity contribution in [3.8, 4) is 5.75 Å². The molecule has 102 valence electrons. The number of likely N-dealkylation sites (tertiary alicyclic amines) is 1. The molecule has 0 radical (unpaired) electrons. The molecule has 0 bridgehead atoms. The Morgan fingerprint density at radius 1 is 1.26 bits per heavy atom. The van der Waals surface area contributed by atoms with E-state index >= 15 is 0 Å². The second kappa shape index (κ2) is 5.43. The van der Waals surface area contributed by atoms with E-state index in [4.69, 9.17) is 4.74 Å². The fraction of sp³-hybridized carbons (Fsp3) is 0.467. The SMILES string of the molecule is CCCN1C(=O)C(C)C(c2cccc(OC)c2)C1=O. The van der Waals surface area contributed by atoms with Crippen LogP contribution < -0.4 is 4.74 Å². The Labute approximate surface area is 113 Å². The zero-order valence-electron chi connectivity index (χ0n) is 11.6. The fourth-order valence-electron chi connectivity index (χ4n) is 2.59. The van der Waals surface area contributed by atoms with Crippen LogP contribution in [0.4, 0.5) is 0 Å². The van der Waals surface area contributed by atoms with Crippen molar-refractivity contribution in [2.75, 3.05) is 13.7 Å². The van der Waals surface area contributed by atoms with Gasteiger partial charge >= 0.3 is 0 Å². The number of ether oxygens (including phenoxy) is 1. The van der Waals surface area contributed by atoms with E-state index in [0.29, 0.717) is 12.3 Å². The lowest BCUT2D eigenvalue weighted by molar-refractivity contribution is -0.139. The van der Waals surface area contributed by atoms with Gasteiger partial charge in [-0.05, 0) is 24.1 Å². The number of carbonyl (C=O) groups excluding carboxylic acids is 2. The van der Waals surface area contributed by atoms with E-state index in [2.05, 4.69) is 0 Å². The zero-order valence-corrected chi connectivity index (χ0v) is 11.6. The highest BCUT2D eigenvalue weighted by Crippen LogP contribution is 2.35. The van der Waals surface area contributed by atoms with Gasteiger partial charge in [-0.25, -0.2) is 0 Å². The Kier molecular flexibility index (Phi) is 3.88. The molecular weight excluding hydrogens is 242 g/mol. The van der Waals surface area contributed by atoms with Crippen LogP contribution in [0.25, 0.3) is 0 Å². The van der Waals surface area contributed by atoms with Crippen LogP contribution in [-0.4, -0.2) is 30.4 Å². The molecule has 0 aliphatic carbocycles. The maximum Gasteiger partial charge on any atom is 0.237 e. The topological polar surface area (TPSA) is 46.6 Å². The normalized spacial score (nSPS) is 23.0. The second-order valence-corrected chi connectivity index (χ2v) is 4.87. The lowest BCUT2D eigenvalue weighted by Gasteiger charge is -2.14.